The lowest BCUT2D eigenvalue weighted by atomic mass is 10.1. The molecule has 0 unspecified atom stereocenters. The van der Waals surface area contributed by atoms with Crippen molar-refractivity contribution in [2.75, 3.05) is 25.0 Å². The smallest absolute Gasteiger partial charge is 0.257 e. The van der Waals surface area contributed by atoms with E-state index in [2.05, 4.69) is 10.3 Å². The first-order valence-corrected chi connectivity index (χ1v) is 6.70. The van der Waals surface area contributed by atoms with E-state index in [4.69, 9.17) is 0 Å². The predicted octanol–water partition coefficient (Wildman–Crippen LogP) is 1.89. The zero-order valence-corrected chi connectivity index (χ0v) is 12.4. The molecule has 1 aromatic rings. The molecule has 2 N–H and O–H groups in total. The van der Waals surface area contributed by atoms with Gasteiger partial charge in [0.1, 0.15) is 0 Å². The molecule has 0 aliphatic rings. The molecule has 0 bridgehead atoms. The minimum absolute atomic E-state index is 0.0398. The maximum absolute atomic E-state index is 14.2. The van der Waals surface area contributed by atoms with Crippen molar-refractivity contribution in [3.05, 3.63) is 23.6 Å². The van der Waals surface area contributed by atoms with Crippen molar-refractivity contribution in [2.24, 2.45) is 0 Å². The summed E-state index contributed by atoms with van der Waals surface area (Å²) in [6.07, 6.45) is 1.40. The number of hydrogen-bond donors (Lipinski definition) is 2. The van der Waals surface area contributed by atoms with Crippen LogP contribution in [0.1, 0.15) is 38.1 Å². The SMILES string of the molecule is CCNc1nccc(C(=O)N(CC)CC(C)(C)O)c1F. The highest BCUT2D eigenvalue weighted by Crippen LogP contribution is 2.18. The van der Waals surface area contributed by atoms with Crippen LogP contribution >= 0.6 is 0 Å². The summed E-state index contributed by atoms with van der Waals surface area (Å²) in [5, 5.41) is 12.6. The number of nitrogens with one attached hydrogen (secondary N) is 1. The topological polar surface area (TPSA) is 65.5 Å². The molecule has 0 aromatic carbocycles. The quantitative estimate of drug-likeness (QED) is 0.836. The van der Waals surface area contributed by atoms with Gasteiger partial charge in [-0.2, -0.15) is 0 Å². The van der Waals surface area contributed by atoms with Crippen LogP contribution in [-0.2, 0) is 0 Å². The van der Waals surface area contributed by atoms with E-state index in [0.29, 0.717) is 13.1 Å². The van der Waals surface area contributed by atoms with Gasteiger partial charge in [-0.25, -0.2) is 9.37 Å². The van der Waals surface area contributed by atoms with Crippen molar-refractivity contribution >= 4 is 11.7 Å². The fraction of sp³-hybridized carbons (Fsp3) is 0.571. The van der Waals surface area contributed by atoms with Crippen molar-refractivity contribution < 1.29 is 14.3 Å². The van der Waals surface area contributed by atoms with Crippen molar-refractivity contribution in [1.82, 2.24) is 9.88 Å². The number of amides is 1. The number of likely N-dealkylation sites (N-methyl/N-ethyl adjacent to an activating group) is 1. The molecule has 1 aromatic heterocycles. The lowest BCUT2D eigenvalue weighted by molar-refractivity contribution is 0.0312. The number of aromatic nitrogens is 1. The molecule has 1 amide bonds. The van der Waals surface area contributed by atoms with Gasteiger partial charge in [-0.15, -0.1) is 0 Å². The Morgan fingerprint density at radius 2 is 2.15 bits per heavy atom. The van der Waals surface area contributed by atoms with Crippen LogP contribution in [0.2, 0.25) is 0 Å². The molecule has 0 aliphatic heterocycles. The van der Waals surface area contributed by atoms with Crippen molar-refractivity contribution in [2.45, 2.75) is 33.3 Å². The monoisotopic (exact) mass is 283 g/mol. The highest BCUT2D eigenvalue weighted by atomic mass is 19.1. The van der Waals surface area contributed by atoms with Gasteiger partial charge >= 0.3 is 0 Å². The summed E-state index contributed by atoms with van der Waals surface area (Å²) in [4.78, 5) is 17.6. The first-order chi connectivity index (χ1) is 9.30. The van der Waals surface area contributed by atoms with Crippen molar-refractivity contribution in [3.8, 4) is 0 Å². The molecule has 20 heavy (non-hydrogen) atoms. The van der Waals surface area contributed by atoms with Gasteiger partial charge < -0.3 is 15.3 Å². The van der Waals surface area contributed by atoms with Crippen molar-refractivity contribution in [1.29, 1.82) is 0 Å². The molecule has 0 radical (unpaired) electrons. The second-order valence-electron chi connectivity index (χ2n) is 5.18. The Kier molecular flexibility index (Phi) is 5.44. The molecule has 1 heterocycles. The van der Waals surface area contributed by atoms with E-state index < -0.39 is 17.3 Å². The summed E-state index contributed by atoms with van der Waals surface area (Å²) in [6.45, 7) is 7.87. The van der Waals surface area contributed by atoms with Crippen LogP contribution in [0.4, 0.5) is 10.2 Å². The summed E-state index contributed by atoms with van der Waals surface area (Å²) in [5.41, 5.74) is -1.07. The summed E-state index contributed by atoms with van der Waals surface area (Å²) in [5.74, 6) is -1.04. The molecule has 0 fully saturated rings. The van der Waals surface area contributed by atoms with E-state index in [1.807, 2.05) is 6.92 Å². The maximum Gasteiger partial charge on any atom is 0.257 e. The Morgan fingerprint density at radius 1 is 1.50 bits per heavy atom. The summed E-state index contributed by atoms with van der Waals surface area (Å²) < 4.78 is 14.2. The molecule has 0 atom stereocenters. The number of hydrogen-bond acceptors (Lipinski definition) is 4. The standard InChI is InChI=1S/C14H22FN3O2/c1-5-16-12-11(15)10(7-8-17-12)13(19)18(6-2)9-14(3,4)20/h7-8,20H,5-6,9H2,1-4H3,(H,16,17). The number of halogens is 1. The van der Waals surface area contributed by atoms with Crippen LogP contribution in [0.15, 0.2) is 12.3 Å². The summed E-state index contributed by atoms with van der Waals surface area (Å²) >= 11 is 0. The Hall–Kier alpha value is -1.69. The van der Waals surface area contributed by atoms with Crippen LogP contribution in [0, 0.1) is 5.82 Å². The number of anilines is 1. The average molecular weight is 283 g/mol. The molecule has 6 heteroatoms. The molecule has 0 aliphatic carbocycles. The molecular formula is C14H22FN3O2. The van der Waals surface area contributed by atoms with E-state index in [9.17, 15) is 14.3 Å². The number of aliphatic hydroxyl groups is 1. The average Bonchev–Trinajstić information content (AvgIpc) is 2.37. The third-order valence-electron chi connectivity index (χ3n) is 2.71. The highest BCUT2D eigenvalue weighted by Gasteiger charge is 2.25. The van der Waals surface area contributed by atoms with Crippen LogP contribution in [-0.4, -0.2) is 46.1 Å². The number of carbonyl (C=O) groups excluding carboxylic acids is 1. The number of nitrogens with zero attached hydrogens (tertiary/aromatic N) is 2. The third-order valence-corrected chi connectivity index (χ3v) is 2.71. The minimum atomic E-state index is -1.03. The molecule has 0 saturated carbocycles. The second kappa shape index (κ2) is 6.65. The maximum atomic E-state index is 14.2. The van der Waals surface area contributed by atoms with E-state index in [1.165, 1.54) is 17.2 Å². The molecule has 0 spiro atoms. The van der Waals surface area contributed by atoms with E-state index >= 15 is 0 Å². The van der Waals surface area contributed by atoms with E-state index in [-0.39, 0.29) is 17.9 Å². The highest BCUT2D eigenvalue weighted by molar-refractivity contribution is 5.95. The fourth-order valence-electron chi connectivity index (χ4n) is 1.86. The number of rotatable bonds is 6. The Bertz CT molecular complexity index is 472. The van der Waals surface area contributed by atoms with Gasteiger partial charge in [0, 0.05) is 25.8 Å². The molecular weight excluding hydrogens is 261 g/mol. The van der Waals surface area contributed by atoms with Gasteiger partial charge in [0.15, 0.2) is 11.6 Å². The molecule has 1 rings (SSSR count). The van der Waals surface area contributed by atoms with Gasteiger partial charge in [-0.05, 0) is 33.8 Å². The first-order valence-electron chi connectivity index (χ1n) is 6.70. The van der Waals surface area contributed by atoms with E-state index in [0.717, 1.165) is 0 Å². The van der Waals surface area contributed by atoms with Gasteiger partial charge in [0.25, 0.3) is 5.91 Å². The summed E-state index contributed by atoms with van der Waals surface area (Å²) in [7, 11) is 0. The van der Waals surface area contributed by atoms with Crippen LogP contribution < -0.4 is 5.32 Å². The Morgan fingerprint density at radius 3 is 2.65 bits per heavy atom. The predicted molar refractivity (Wildman–Crippen MR) is 76.2 cm³/mol. The van der Waals surface area contributed by atoms with Crippen LogP contribution in [0.25, 0.3) is 0 Å². The third kappa shape index (κ3) is 4.16. The van der Waals surface area contributed by atoms with Gasteiger partial charge in [-0.1, -0.05) is 0 Å². The first kappa shape index (κ1) is 16.4. The number of pyridine rings is 1. The van der Waals surface area contributed by atoms with Gasteiger partial charge in [0.05, 0.1) is 11.2 Å². The summed E-state index contributed by atoms with van der Waals surface area (Å²) in [6, 6.07) is 1.35. The van der Waals surface area contributed by atoms with E-state index in [1.54, 1.807) is 20.8 Å². The lowest BCUT2D eigenvalue weighted by Crippen LogP contribution is -2.42. The fourth-order valence-corrected chi connectivity index (χ4v) is 1.86. The van der Waals surface area contributed by atoms with Gasteiger partial charge in [-0.3, -0.25) is 4.79 Å². The van der Waals surface area contributed by atoms with Crippen LogP contribution in [0.5, 0.6) is 0 Å². The zero-order valence-electron chi connectivity index (χ0n) is 12.4. The van der Waals surface area contributed by atoms with Gasteiger partial charge in [0.2, 0.25) is 0 Å². The normalized spacial score (nSPS) is 11.3. The molecule has 0 saturated heterocycles. The van der Waals surface area contributed by atoms with Crippen LogP contribution in [0.3, 0.4) is 0 Å². The lowest BCUT2D eigenvalue weighted by Gasteiger charge is -2.28. The molecule has 112 valence electrons. The zero-order chi connectivity index (χ0) is 15.3. The van der Waals surface area contributed by atoms with Crippen molar-refractivity contribution in [3.63, 3.8) is 0 Å². The largest absolute Gasteiger partial charge is 0.389 e. The number of carbonyl (C=O) groups is 1. The Balaban J connectivity index is 3.04. The Labute approximate surface area is 118 Å². The molecule has 5 nitrogen and oxygen atoms in total. The minimum Gasteiger partial charge on any atom is -0.389 e. The second-order valence-corrected chi connectivity index (χ2v) is 5.18.